The molecule has 5 heterocycles. The lowest BCUT2D eigenvalue weighted by molar-refractivity contribution is 0.0904. The summed E-state index contributed by atoms with van der Waals surface area (Å²) in [7, 11) is 0. The van der Waals surface area contributed by atoms with Gasteiger partial charge in [-0.1, -0.05) is 0 Å². The zero-order valence-corrected chi connectivity index (χ0v) is 19.1. The van der Waals surface area contributed by atoms with Crippen LogP contribution in [0.25, 0.3) is 16.7 Å². The average Bonchev–Trinajstić information content (AvgIpc) is 3.46. The average molecular weight is 448 g/mol. The minimum absolute atomic E-state index is 0.366. The highest BCUT2D eigenvalue weighted by Crippen LogP contribution is 2.39. The Kier molecular flexibility index (Phi) is 5.09. The molecule has 1 aliphatic carbocycles. The number of rotatable bonds is 7. The minimum Gasteiger partial charge on any atom is -0.381 e. The second kappa shape index (κ2) is 8.26. The fourth-order valence-corrected chi connectivity index (χ4v) is 4.60. The molecule has 0 unspecified atom stereocenters. The first-order valence-corrected chi connectivity index (χ1v) is 11.8. The SMILES string of the molecule is CCn1ncc2c(NC3CCOCC3)c(CNc3ncnc4cc(C5CC5)nn34)c(C)nc21. The molecule has 0 amide bonds. The Labute approximate surface area is 191 Å². The summed E-state index contributed by atoms with van der Waals surface area (Å²) in [6.07, 6.45) is 7.91. The molecule has 1 aliphatic heterocycles. The van der Waals surface area contributed by atoms with E-state index in [1.807, 2.05) is 15.4 Å². The topological polar surface area (TPSA) is 107 Å². The minimum atomic E-state index is 0.366. The summed E-state index contributed by atoms with van der Waals surface area (Å²) in [4.78, 5) is 13.8. The van der Waals surface area contributed by atoms with Crippen LogP contribution in [0.3, 0.4) is 0 Å². The van der Waals surface area contributed by atoms with Crippen LogP contribution in [0, 0.1) is 6.92 Å². The third-order valence-electron chi connectivity index (χ3n) is 6.66. The van der Waals surface area contributed by atoms with E-state index < -0.39 is 0 Å². The van der Waals surface area contributed by atoms with Crippen LogP contribution in [0.2, 0.25) is 0 Å². The van der Waals surface area contributed by atoms with Gasteiger partial charge in [0.05, 0.1) is 23.0 Å². The molecule has 0 atom stereocenters. The molecule has 4 aromatic heterocycles. The van der Waals surface area contributed by atoms with Gasteiger partial charge >= 0.3 is 0 Å². The predicted molar refractivity (Wildman–Crippen MR) is 125 cm³/mol. The number of hydrogen-bond donors (Lipinski definition) is 2. The number of aryl methyl sites for hydroxylation is 2. The van der Waals surface area contributed by atoms with Crippen LogP contribution >= 0.6 is 0 Å². The number of hydrogen-bond acceptors (Lipinski definition) is 8. The van der Waals surface area contributed by atoms with Gasteiger partial charge in [0, 0.05) is 55.6 Å². The van der Waals surface area contributed by atoms with Crippen LogP contribution in [0.15, 0.2) is 18.6 Å². The summed E-state index contributed by atoms with van der Waals surface area (Å²) in [6, 6.07) is 2.44. The lowest BCUT2D eigenvalue weighted by Crippen LogP contribution is -2.28. The van der Waals surface area contributed by atoms with Crippen LogP contribution < -0.4 is 10.6 Å². The van der Waals surface area contributed by atoms with Crippen LogP contribution in [-0.4, -0.2) is 53.6 Å². The molecule has 2 fully saturated rings. The zero-order valence-electron chi connectivity index (χ0n) is 19.1. The molecule has 10 nitrogen and oxygen atoms in total. The molecule has 1 saturated carbocycles. The lowest BCUT2D eigenvalue weighted by atomic mass is 10.0. The van der Waals surface area contributed by atoms with Crippen LogP contribution in [-0.2, 0) is 17.8 Å². The van der Waals surface area contributed by atoms with Crippen molar-refractivity contribution in [2.24, 2.45) is 0 Å². The van der Waals surface area contributed by atoms with Crippen molar-refractivity contribution in [3.63, 3.8) is 0 Å². The molecule has 2 aliphatic rings. The molecule has 6 rings (SSSR count). The molecule has 1 saturated heterocycles. The highest BCUT2D eigenvalue weighted by atomic mass is 16.5. The summed E-state index contributed by atoms with van der Waals surface area (Å²) in [5, 5.41) is 17.7. The van der Waals surface area contributed by atoms with Crippen molar-refractivity contribution >= 4 is 28.3 Å². The number of anilines is 2. The number of ether oxygens (including phenoxy) is 1. The van der Waals surface area contributed by atoms with Gasteiger partial charge in [0.15, 0.2) is 11.3 Å². The Hall–Kier alpha value is -3.27. The van der Waals surface area contributed by atoms with Gasteiger partial charge < -0.3 is 15.4 Å². The van der Waals surface area contributed by atoms with Crippen molar-refractivity contribution in [3.05, 3.63) is 35.5 Å². The molecule has 4 aromatic rings. The standard InChI is InChI=1S/C23H29N9O/c1-3-31-22-18(12-27-31)21(29-16-6-8-33-9-7-16)17(14(2)28-22)11-24-23-26-13-25-20-10-19(15-4-5-15)30-32(20)23/h10,12-13,15-16H,3-9,11H2,1-2H3,(H,28,29)(H,24,25,26). The largest absolute Gasteiger partial charge is 0.381 e. The molecular weight excluding hydrogens is 418 g/mol. The van der Waals surface area contributed by atoms with E-state index in [9.17, 15) is 0 Å². The highest BCUT2D eigenvalue weighted by Gasteiger charge is 2.27. The molecule has 10 heteroatoms. The zero-order chi connectivity index (χ0) is 22.4. The number of aromatic nitrogens is 7. The quantitative estimate of drug-likeness (QED) is 0.444. The third-order valence-corrected chi connectivity index (χ3v) is 6.66. The van der Waals surface area contributed by atoms with Crippen molar-refractivity contribution < 1.29 is 4.74 Å². The van der Waals surface area contributed by atoms with E-state index in [1.165, 1.54) is 12.8 Å². The Morgan fingerprint density at radius 3 is 2.79 bits per heavy atom. The summed E-state index contributed by atoms with van der Waals surface area (Å²) in [5.41, 5.74) is 6.03. The van der Waals surface area contributed by atoms with E-state index >= 15 is 0 Å². The number of nitrogens with one attached hydrogen (secondary N) is 2. The van der Waals surface area contributed by atoms with Crippen molar-refractivity contribution in [1.29, 1.82) is 0 Å². The van der Waals surface area contributed by atoms with E-state index in [-0.39, 0.29) is 0 Å². The van der Waals surface area contributed by atoms with Gasteiger partial charge in [-0.25, -0.2) is 19.6 Å². The Morgan fingerprint density at radius 1 is 1.15 bits per heavy atom. The van der Waals surface area contributed by atoms with Crippen molar-refractivity contribution in [3.8, 4) is 0 Å². The van der Waals surface area contributed by atoms with E-state index in [2.05, 4.69) is 45.6 Å². The highest BCUT2D eigenvalue weighted by molar-refractivity contribution is 5.91. The first-order chi connectivity index (χ1) is 16.2. The molecular formula is C23H29N9O. The third kappa shape index (κ3) is 3.78. The molecule has 172 valence electrons. The summed E-state index contributed by atoms with van der Waals surface area (Å²) in [6.45, 7) is 7.08. The fraction of sp³-hybridized carbons (Fsp3) is 0.522. The van der Waals surface area contributed by atoms with Gasteiger partial charge in [-0.05, 0) is 39.5 Å². The van der Waals surface area contributed by atoms with Gasteiger partial charge in [0.1, 0.15) is 6.33 Å². The first-order valence-electron chi connectivity index (χ1n) is 11.8. The lowest BCUT2D eigenvalue weighted by Gasteiger charge is -2.26. The molecule has 0 bridgehead atoms. The number of fused-ring (bicyclic) bond motifs is 2. The molecule has 2 N–H and O–H groups in total. The van der Waals surface area contributed by atoms with Gasteiger partial charge in [0.2, 0.25) is 5.95 Å². The van der Waals surface area contributed by atoms with Gasteiger partial charge in [-0.2, -0.15) is 14.7 Å². The van der Waals surface area contributed by atoms with Crippen molar-refractivity contribution in [2.45, 2.75) is 64.6 Å². The summed E-state index contributed by atoms with van der Waals surface area (Å²) < 4.78 is 9.33. The predicted octanol–water partition coefficient (Wildman–Crippen LogP) is 3.28. The van der Waals surface area contributed by atoms with Gasteiger partial charge in [-0.15, -0.1) is 0 Å². The molecule has 0 spiro atoms. The number of nitrogens with zero attached hydrogens (tertiary/aromatic N) is 7. The molecule has 33 heavy (non-hydrogen) atoms. The first kappa shape index (κ1) is 20.3. The fourth-order valence-electron chi connectivity index (χ4n) is 4.60. The molecule has 0 aromatic carbocycles. The van der Waals surface area contributed by atoms with E-state index in [0.29, 0.717) is 24.5 Å². The van der Waals surface area contributed by atoms with Gasteiger partial charge in [0.25, 0.3) is 0 Å². The second-order valence-electron chi connectivity index (χ2n) is 8.94. The van der Waals surface area contributed by atoms with Crippen LogP contribution in [0.1, 0.15) is 55.5 Å². The van der Waals surface area contributed by atoms with Crippen LogP contribution in [0.4, 0.5) is 11.6 Å². The Bertz CT molecular complexity index is 1300. The Morgan fingerprint density at radius 2 is 2.00 bits per heavy atom. The summed E-state index contributed by atoms with van der Waals surface area (Å²) in [5.74, 6) is 1.26. The Balaban J connectivity index is 1.36. The smallest absolute Gasteiger partial charge is 0.227 e. The second-order valence-corrected chi connectivity index (χ2v) is 8.94. The number of pyridine rings is 1. The van der Waals surface area contributed by atoms with E-state index in [0.717, 1.165) is 71.9 Å². The van der Waals surface area contributed by atoms with Crippen LogP contribution in [0.5, 0.6) is 0 Å². The van der Waals surface area contributed by atoms with E-state index in [1.54, 1.807) is 6.33 Å². The van der Waals surface area contributed by atoms with Gasteiger partial charge in [-0.3, -0.25) is 0 Å². The maximum absolute atomic E-state index is 5.56. The maximum Gasteiger partial charge on any atom is 0.227 e. The summed E-state index contributed by atoms with van der Waals surface area (Å²) >= 11 is 0. The maximum atomic E-state index is 5.56. The monoisotopic (exact) mass is 447 g/mol. The normalized spacial score (nSPS) is 17.2. The van der Waals surface area contributed by atoms with Crippen molar-refractivity contribution in [2.75, 3.05) is 23.8 Å². The van der Waals surface area contributed by atoms with E-state index in [4.69, 9.17) is 14.8 Å². The molecule has 0 radical (unpaired) electrons. The van der Waals surface area contributed by atoms with Crippen molar-refractivity contribution in [1.82, 2.24) is 34.3 Å².